The number of carbonyl (C=O) groups is 2. The fourth-order valence-electron chi connectivity index (χ4n) is 4.72. The molecule has 3 aliphatic heterocycles. The Morgan fingerprint density at radius 2 is 2.06 bits per heavy atom. The van der Waals surface area contributed by atoms with Gasteiger partial charge in [0.25, 0.3) is 5.91 Å². The van der Waals surface area contributed by atoms with E-state index < -0.39 is 6.04 Å². The summed E-state index contributed by atoms with van der Waals surface area (Å²) in [7, 11) is 0. The maximum absolute atomic E-state index is 13.0. The van der Waals surface area contributed by atoms with Gasteiger partial charge in [-0.2, -0.15) is 0 Å². The van der Waals surface area contributed by atoms with E-state index >= 15 is 0 Å². The summed E-state index contributed by atoms with van der Waals surface area (Å²) >= 11 is 0. The number of pyridine rings is 1. The molecule has 0 aliphatic carbocycles. The predicted octanol–water partition coefficient (Wildman–Crippen LogP) is 2.25. The summed E-state index contributed by atoms with van der Waals surface area (Å²) in [6.45, 7) is 6.64. The number of nitrogens with zero attached hydrogens (tertiary/aromatic N) is 3. The lowest BCUT2D eigenvalue weighted by Crippen LogP contribution is -2.49. The largest absolute Gasteiger partial charge is 0.632 e. The molecule has 0 saturated carbocycles. The number of quaternary nitrogens is 1. The molecule has 2 saturated heterocycles. The zero-order valence-electron chi connectivity index (χ0n) is 19.0. The normalized spacial score (nSPS) is 21.9. The van der Waals surface area contributed by atoms with Gasteiger partial charge in [0, 0.05) is 28.6 Å². The van der Waals surface area contributed by atoms with Gasteiger partial charge in [0.2, 0.25) is 5.91 Å². The van der Waals surface area contributed by atoms with Crippen molar-refractivity contribution >= 4 is 11.8 Å². The van der Waals surface area contributed by atoms with Gasteiger partial charge in [-0.05, 0) is 37.1 Å². The van der Waals surface area contributed by atoms with Crippen molar-refractivity contribution < 1.29 is 23.7 Å². The standard InChI is InChI=1S/C25H28N4O5/c1-17-5-8-22(24(30)27-17)28-14-21-20(25(28)31)3-2-4-23(21)34-16-19-7-6-18(13-26-19)15-29(32)9-11-33-12-10-29/h2-4,6-7,13,22H,1,5,8-12,14-16H2,(H,27,30). The molecule has 2 aromatic rings. The number of hydroxylamine groups is 3. The average molecular weight is 465 g/mol. The van der Waals surface area contributed by atoms with Crippen molar-refractivity contribution in [1.29, 1.82) is 0 Å². The molecule has 4 heterocycles. The lowest BCUT2D eigenvalue weighted by molar-refractivity contribution is -0.901. The molecular weight excluding hydrogens is 436 g/mol. The second kappa shape index (κ2) is 9.17. The Morgan fingerprint density at radius 3 is 2.79 bits per heavy atom. The number of hydrogen-bond acceptors (Lipinski definition) is 6. The minimum absolute atomic E-state index is 0.159. The number of piperidine rings is 1. The van der Waals surface area contributed by atoms with Crippen LogP contribution in [0.1, 0.15) is 40.0 Å². The van der Waals surface area contributed by atoms with Crippen LogP contribution in [0.2, 0.25) is 0 Å². The summed E-state index contributed by atoms with van der Waals surface area (Å²) in [6, 6.07) is 8.65. The molecule has 34 heavy (non-hydrogen) atoms. The van der Waals surface area contributed by atoms with Crippen LogP contribution in [0, 0.1) is 5.21 Å². The summed E-state index contributed by atoms with van der Waals surface area (Å²) in [5, 5.41) is 15.5. The zero-order valence-corrected chi connectivity index (χ0v) is 19.0. The quantitative estimate of drug-likeness (QED) is 0.520. The number of rotatable bonds is 6. The van der Waals surface area contributed by atoms with Crippen LogP contribution >= 0.6 is 0 Å². The van der Waals surface area contributed by atoms with Crippen LogP contribution in [0.4, 0.5) is 0 Å². The number of allylic oxidation sites excluding steroid dienone is 1. The van der Waals surface area contributed by atoms with Gasteiger partial charge >= 0.3 is 0 Å². The number of nitrogens with one attached hydrogen (secondary N) is 1. The molecule has 0 spiro atoms. The average Bonchev–Trinajstić information content (AvgIpc) is 3.16. The Bertz CT molecular complexity index is 1110. The first kappa shape index (κ1) is 22.5. The van der Waals surface area contributed by atoms with Crippen LogP contribution in [-0.2, 0) is 29.2 Å². The first-order chi connectivity index (χ1) is 16.4. The van der Waals surface area contributed by atoms with Gasteiger partial charge < -0.3 is 29.5 Å². The topological polar surface area (TPSA) is 104 Å². The van der Waals surface area contributed by atoms with E-state index in [1.807, 2.05) is 18.2 Å². The lowest BCUT2D eigenvalue weighted by atomic mass is 10.0. The van der Waals surface area contributed by atoms with Gasteiger partial charge in [0.05, 0.1) is 25.5 Å². The SMILES string of the molecule is C=C1CCC(N2Cc3c(OCc4ccc(C[N+]5([O-])CCOCC5)cn4)cccc3C2=O)C(=O)N1. The van der Waals surface area contributed by atoms with E-state index in [1.54, 1.807) is 23.2 Å². The highest BCUT2D eigenvalue weighted by Gasteiger charge is 2.39. The van der Waals surface area contributed by atoms with Crippen LogP contribution in [0.25, 0.3) is 0 Å². The predicted molar refractivity (Wildman–Crippen MR) is 123 cm³/mol. The van der Waals surface area contributed by atoms with Crippen molar-refractivity contribution in [3.63, 3.8) is 0 Å². The van der Waals surface area contributed by atoms with Crippen LogP contribution in [0.5, 0.6) is 5.75 Å². The highest BCUT2D eigenvalue weighted by Crippen LogP contribution is 2.34. The first-order valence-electron chi connectivity index (χ1n) is 11.5. The Hall–Kier alpha value is -3.27. The summed E-state index contributed by atoms with van der Waals surface area (Å²) in [6.07, 6.45) is 2.94. The lowest BCUT2D eigenvalue weighted by Gasteiger charge is -2.45. The maximum atomic E-state index is 13.0. The summed E-state index contributed by atoms with van der Waals surface area (Å²) in [5.41, 5.74) is 3.65. The molecule has 0 bridgehead atoms. The second-order valence-corrected chi connectivity index (χ2v) is 9.08. The molecule has 3 aliphatic rings. The van der Waals surface area contributed by atoms with Crippen molar-refractivity contribution in [1.82, 2.24) is 15.2 Å². The third-order valence-electron chi connectivity index (χ3n) is 6.67. The molecule has 1 aromatic carbocycles. The second-order valence-electron chi connectivity index (χ2n) is 9.08. The Balaban J connectivity index is 1.24. The summed E-state index contributed by atoms with van der Waals surface area (Å²) < 4.78 is 11.0. The third-order valence-corrected chi connectivity index (χ3v) is 6.67. The molecule has 9 nitrogen and oxygen atoms in total. The van der Waals surface area contributed by atoms with Crippen LogP contribution in [0.3, 0.4) is 0 Å². The van der Waals surface area contributed by atoms with Crippen molar-refractivity contribution in [2.45, 2.75) is 38.6 Å². The van der Waals surface area contributed by atoms with E-state index in [1.165, 1.54) is 0 Å². The van der Waals surface area contributed by atoms with Gasteiger partial charge in [-0.15, -0.1) is 0 Å². The van der Waals surface area contributed by atoms with Gasteiger partial charge in [0.1, 0.15) is 38.0 Å². The van der Waals surface area contributed by atoms with Gasteiger partial charge in [-0.3, -0.25) is 14.6 Å². The third kappa shape index (κ3) is 4.54. The minimum Gasteiger partial charge on any atom is -0.632 e. The molecular formula is C25H28N4O5. The molecule has 9 heteroatoms. The van der Waals surface area contributed by atoms with Crippen molar-refractivity contribution in [3.05, 3.63) is 76.4 Å². The molecule has 1 atom stereocenters. The highest BCUT2D eigenvalue weighted by atomic mass is 16.6. The van der Waals surface area contributed by atoms with E-state index in [0.29, 0.717) is 69.2 Å². The van der Waals surface area contributed by atoms with Crippen molar-refractivity contribution in [2.24, 2.45) is 0 Å². The van der Waals surface area contributed by atoms with E-state index in [-0.39, 0.29) is 23.1 Å². The molecule has 5 rings (SSSR count). The van der Waals surface area contributed by atoms with Crippen molar-refractivity contribution in [3.8, 4) is 5.75 Å². The van der Waals surface area contributed by atoms with E-state index in [2.05, 4.69) is 16.9 Å². The molecule has 1 N–H and O–H groups in total. The number of benzene rings is 1. The van der Waals surface area contributed by atoms with E-state index in [4.69, 9.17) is 9.47 Å². The zero-order chi connectivity index (χ0) is 23.7. The first-order valence-corrected chi connectivity index (χ1v) is 11.5. The highest BCUT2D eigenvalue weighted by molar-refractivity contribution is 6.02. The monoisotopic (exact) mass is 464 g/mol. The Morgan fingerprint density at radius 1 is 1.24 bits per heavy atom. The van der Waals surface area contributed by atoms with E-state index in [9.17, 15) is 14.8 Å². The molecule has 2 fully saturated rings. The fraction of sp³-hybridized carbons (Fsp3) is 0.400. The molecule has 178 valence electrons. The Labute approximate surface area is 198 Å². The smallest absolute Gasteiger partial charge is 0.255 e. The minimum atomic E-state index is -0.508. The number of fused-ring (bicyclic) bond motifs is 1. The molecule has 1 aromatic heterocycles. The fourth-order valence-corrected chi connectivity index (χ4v) is 4.72. The van der Waals surface area contributed by atoms with Gasteiger partial charge in [-0.1, -0.05) is 12.6 Å². The number of ether oxygens (including phenoxy) is 2. The maximum Gasteiger partial charge on any atom is 0.255 e. The number of hydrogen-bond donors (Lipinski definition) is 1. The Kier molecular flexibility index (Phi) is 6.07. The van der Waals surface area contributed by atoms with Gasteiger partial charge in [-0.25, -0.2) is 0 Å². The van der Waals surface area contributed by atoms with Crippen LogP contribution in [-0.4, -0.2) is 58.7 Å². The van der Waals surface area contributed by atoms with Crippen LogP contribution < -0.4 is 10.1 Å². The molecule has 2 amide bonds. The van der Waals surface area contributed by atoms with E-state index in [0.717, 1.165) is 16.8 Å². The number of morpholine rings is 1. The number of carbonyl (C=O) groups excluding carboxylic acids is 2. The molecule has 0 radical (unpaired) electrons. The summed E-state index contributed by atoms with van der Waals surface area (Å²) in [5.74, 6) is 0.258. The number of aromatic nitrogens is 1. The molecule has 1 unspecified atom stereocenters. The van der Waals surface area contributed by atoms with Crippen molar-refractivity contribution in [2.75, 3.05) is 26.3 Å². The number of amides is 2. The van der Waals surface area contributed by atoms with Gasteiger partial charge in [0.15, 0.2) is 0 Å². The summed E-state index contributed by atoms with van der Waals surface area (Å²) in [4.78, 5) is 31.5. The van der Waals surface area contributed by atoms with Crippen LogP contribution in [0.15, 0.2) is 48.8 Å².